The fourth-order valence-corrected chi connectivity index (χ4v) is 2.13. The monoisotopic (exact) mass is 312 g/mol. The fraction of sp³-hybridized carbons (Fsp3) is 0.882. The van der Waals surface area contributed by atoms with Crippen LogP contribution in [0.5, 0.6) is 0 Å². The summed E-state index contributed by atoms with van der Waals surface area (Å²) < 4.78 is 0. The minimum atomic E-state index is -0.216. The summed E-state index contributed by atoms with van der Waals surface area (Å²) in [5.74, 6) is 1.33. The third kappa shape index (κ3) is 11.4. The van der Waals surface area contributed by atoms with Gasteiger partial charge >= 0.3 is 0 Å². The highest BCUT2D eigenvalue weighted by atomic mass is 16.2. The number of rotatable bonds is 9. The molecule has 0 radical (unpaired) electrons. The van der Waals surface area contributed by atoms with E-state index in [1.165, 1.54) is 19.3 Å². The number of nitrogens with one attached hydrogen (secondary N) is 3. The SMILES string of the molecule is CCCCC(CC)CNC(=NCC(=O)NC(C)(C)C)NCC. The van der Waals surface area contributed by atoms with Crippen molar-refractivity contribution in [3.05, 3.63) is 0 Å². The lowest BCUT2D eigenvalue weighted by Gasteiger charge is -2.20. The first-order valence-electron chi connectivity index (χ1n) is 8.65. The first-order valence-corrected chi connectivity index (χ1v) is 8.65. The van der Waals surface area contributed by atoms with Crippen molar-refractivity contribution in [1.29, 1.82) is 0 Å². The minimum absolute atomic E-state index is 0.0530. The van der Waals surface area contributed by atoms with Gasteiger partial charge in [-0.1, -0.05) is 33.1 Å². The molecule has 0 heterocycles. The van der Waals surface area contributed by atoms with Crippen molar-refractivity contribution >= 4 is 11.9 Å². The largest absolute Gasteiger partial charge is 0.357 e. The van der Waals surface area contributed by atoms with E-state index in [2.05, 4.69) is 34.8 Å². The minimum Gasteiger partial charge on any atom is -0.357 e. The van der Waals surface area contributed by atoms with Crippen molar-refractivity contribution in [1.82, 2.24) is 16.0 Å². The Hall–Kier alpha value is -1.26. The average Bonchev–Trinajstić information content (AvgIpc) is 2.42. The quantitative estimate of drug-likeness (QED) is 0.453. The second kappa shape index (κ2) is 11.3. The van der Waals surface area contributed by atoms with Gasteiger partial charge in [-0.2, -0.15) is 0 Å². The van der Waals surface area contributed by atoms with E-state index in [9.17, 15) is 4.79 Å². The predicted molar refractivity (Wildman–Crippen MR) is 95.2 cm³/mol. The Kier molecular flexibility index (Phi) is 10.7. The molecule has 130 valence electrons. The van der Waals surface area contributed by atoms with Crippen molar-refractivity contribution in [2.45, 2.75) is 72.8 Å². The van der Waals surface area contributed by atoms with Gasteiger partial charge in [-0.15, -0.1) is 0 Å². The highest BCUT2D eigenvalue weighted by molar-refractivity contribution is 5.85. The maximum Gasteiger partial charge on any atom is 0.242 e. The van der Waals surface area contributed by atoms with Gasteiger partial charge in [0.25, 0.3) is 0 Å². The molecule has 0 aliphatic carbocycles. The van der Waals surface area contributed by atoms with Gasteiger partial charge in [0.05, 0.1) is 0 Å². The van der Waals surface area contributed by atoms with Crippen LogP contribution in [0.4, 0.5) is 0 Å². The van der Waals surface area contributed by atoms with E-state index >= 15 is 0 Å². The summed E-state index contributed by atoms with van der Waals surface area (Å²) >= 11 is 0. The number of guanidine groups is 1. The molecule has 0 saturated heterocycles. The highest BCUT2D eigenvalue weighted by Crippen LogP contribution is 2.11. The molecule has 0 aromatic heterocycles. The molecular formula is C17H36N4O. The van der Waals surface area contributed by atoms with E-state index in [0.717, 1.165) is 25.5 Å². The maximum absolute atomic E-state index is 11.8. The summed E-state index contributed by atoms with van der Waals surface area (Å²) in [6.07, 6.45) is 4.90. The summed E-state index contributed by atoms with van der Waals surface area (Å²) in [7, 11) is 0. The molecule has 5 nitrogen and oxygen atoms in total. The lowest BCUT2D eigenvalue weighted by molar-refractivity contribution is -0.121. The molecule has 1 amide bonds. The van der Waals surface area contributed by atoms with Crippen molar-refractivity contribution in [3.63, 3.8) is 0 Å². The Labute approximate surface area is 136 Å². The molecule has 0 aliphatic rings. The molecule has 5 heteroatoms. The average molecular weight is 313 g/mol. The summed E-state index contributed by atoms with van der Waals surface area (Å²) in [6.45, 7) is 14.2. The molecule has 0 aromatic rings. The third-order valence-electron chi connectivity index (χ3n) is 3.34. The van der Waals surface area contributed by atoms with Gasteiger partial charge in [-0.05, 0) is 40.0 Å². The molecule has 0 bridgehead atoms. The Bertz CT molecular complexity index is 334. The van der Waals surface area contributed by atoms with E-state index in [1.807, 2.05) is 27.7 Å². The van der Waals surface area contributed by atoms with E-state index in [-0.39, 0.29) is 18.0 Å². The van der Waals surface area contributed by atoms with E-state index < -0.39 is 0 Å². The van der Waals surface area contributed by atoms with Crippen LogP contribution in [-0.4, -0.2) is 37.0 Å². The van der Waals surface area contributed by atoms with Crippen LogP contribution in [0, 0.1) is 5.92 Å². The van der Waals surface area contributed by atoms with Crippen molar-refractivity contribution in [3.8, 4) is 0 Å². The molecule has 0 spiro atoms. The van der Waals surface area contributed by atoms with Crippen LogP contribution >= 0.6 is 0 Å². The normalized spacial score (nSPS) is 13.6. The van der Waals surface area contributed by atoms with Crippen LogP contribution in [0.1, 0.15) is 67.2 Å². The van der Waals surface area contributed by atoms with Crippen molar-refractivity contribution in [2.75, 3.05) is 19.6 Å². The van der Waals surface area contributed by atoms with E-state index in [1.54, 1.807) is 0 Å². The maximum atomic E-state index is 11.8. The zero-order valence-corrected chi connectivity index (χ0v) is 15.4. The first-order chi connectivity index (χ1) is 10.3. The van der Waals surface area contributed by atoms with Crippen LogP contribution in [0.3, 0.4) is 0 Å². The summed E-state index contributed by atoms with van der Waals surface area (Å²) in [5, 5.41) is 9.47. The molecule has 0 aliphatic heterocycles. The highest BCUT2D eigenvalue weighted by Gasteiger charge is 2.13. The van der Waals surface area contributed by atoms with Crippen molar-refractivity contribution in [2.24, 2.45) is 10.9 Å². The van der Waals surface area contributed by atoms with E-state index in [0.29, 0.717) is 5.92 Å². The van der Waals surface area contributed by atoms with Gasteiger partial charge in [-0.3, -0.25) is 4.79 Å². The Morgan fingerprint density at radius 2 is 1.82 bits per heavy atom. The van der Waals surface area contributed by atoms with Crippen LogP contribution in [0.15, 0.2) is 4.99 Å². The number of carbonyl (C=O) groups excluding carboxylic acids is 1. The lowest BCUT2D eigenvalue weighted by Crippen LogP contribution is -2.43. The number of hydrogen-bond acceptors (Lipinski definition) is 2. The van der Waals surface area contributed by atoms with Crippen LogP contribution in [0.2, 0.25) is 0 Å². The fourth-order valence-electron chi connectivity index (χ4n) is 2.13. The summed E-state index contributed by atoms with van der Waals surface area (Å²) in [6, 6.07) is 0. The molecule has 0 saturated carbocycles. The number of amides is 1. The molecule has 3 N–H and O–H groups in total. The molecule has 0 rings (SSSR count). The van der Waals surface area contributed by atoms with Gasteiger partial charge in [0.2, 0.25) is 5.91 Å². The zero-order chi connectivity index (χ0) is 17.0. The number of hydrogen-bond donors (Lipinski definition) is 3. The molecule has 0 aromatic carbocycles. The molecule has 1 unspecified atom stereocenters. The number of nitrogens with zero attached hydrogens (tertiary/aromatic N) is 1. The summed E-state index contributed by atoms with van der Waals surface area (Å²) in [4.78, 5) is 16.2. The Morgan fingerprint density at radius 3 is 2.32 bits per heavy atom. The van der Waals surface area contributed by atoms with Crippen molar-refractivity contribution < 1.29 is 4.79 Å². The lowest BCUT2D eigenvalue weighted by atomic mass is 9.99. The second-order valence-electron chi connectivity index (χ2n) is 6.79. The molecule has 22 heavy (non-hydrogen) atoms. The van der Waals surface area contributed by atoms with Gasteiger partial charge < -0.3 is 16.0 Å². The Balaban J connectivity index is 4.39. The van der Waals surface area contributed by atoms with Crippen LogP contribution in [-0.2, 0) is 4.79 Å². The topological polar surface area (TPSA) is 65.5 Å². The molecule has 0 fully saturated rings. The zero-order valence-electron chi connectivity index (χ0n) is 15.4. The smallest absolute Gasteiger partial charge is 0.242 e. The van der Waals surface area contributed by atoms with Crippen LogP contribution < -0.4 is 16.0 Å². The predicted octanol–water partition coefficient (Wildman–Crippen LogP) is 2.67. The number of carbonyl (C=O) groups is 1. The van der Waals surface area contributed by atoms with Gasteiger partial charge in [0, 0.05) is 18.6 Å². The van der Waals surface area contributed by atoms with Gasteiger partial charge in [0.15, 0.2) is 5.96 Å². The summed E-state index contributed by atoms with van der Waals surface area (Å²) in [5.41, 5.74) is -0.216. The molecule has 1 atom stereocenters. The molecular weight excluding hydrogens is 276 g/mol. The Morgan fingerprint density at radius 1 is 1.14 bits per heavy atom. The van der Waals surface area contributed by atoms with Gasteiger partial charge in [-0.25, -0.2) is 4.99 Å². The standard InChI is InChI=1S/C17H36N4O/c1-7-10-11-14(8-2)12-19-16(18-9-3)20-13-15(22)21-17(4,5)6/h14H,7-13H2,1-6H3,(H,21,22)(H2,18,19,20). The van der Waals surface area contributed by atoms with E-state index in [4.69, 9.17) is 0 Å². The number of aliphatic imine (C=N–C) groups is 1. The number of unbranched alkanes of at least 4 members (excludes halogenated alkanes) is 1. The van der Waals surface area contributed by atoms with Gasteiger partial charge in [0.1, 0.15) is 6.54 Å². The van der Waals surface area contributed by atoms with Crippen LogP contribution in [0.25, 0.3) is 0 Å². The third-order valence-corrected chi connectivity index (χ3v) is 3.34. The first kappa shape index (κ1) is 20.7. The second-order valence-corrected chi connectivity index (χ2v) is 6.79.